The zero-order valence-corrected chi connectivity index (χ0v) is 10.4. The molecule has 0 amide bonds. The third-order valence-electron chi connectivity index (χ3n) is 2.62. The van der Waals surface area contributed by atoms with Gasteiger partial charge in [-0.2, -0.15) is 5.10 Å². The van der Waals surface area contributed by atoms with Gasteiger partial charge in [0.1, 0.15) is 12.4 Å². The van der Waals surface area contributed by atoms with Crippen LogP contribution in [0.3, 0.4) is 0 Å². The molecule has 1 heterocycles. The van der Waals surface area contributed by atoms with Gasteiger partial charge in [0.2, 0.25) is 0 Å². The Kier molecular flexibility index (Phi) is 3.65. The number of aromatic nitrogens is 2. The number of rotatable bonds is 5. The second-order valence-electron chi connectivity index (χ2n) is 4.01. The summed E-state index contributed by atoms with van der Waals surface area (Å²) in [7, 11) is 0. The first kappa shape index (κ1) is 12.9. The first-order chi connectivity index (χ1) is 9.08. The van der Waals surface area contributed by atoms with E-state index in [-0.39, 0.29) is 18.0 Å². The van der Waals surface area contributed by atoms with E-state index in [1.165, 1.54) is 6.07 Å². The van der Waals surface area contributed by atoms with E-state index in [2.05, 4.69) is 5.10 Å². The maximum Gasteiger partial charge on any atom is 0.310 e. The lowest BCUT2D eigenvalue weighted by molar-refractivity contribution is -0.385. The van der Waals surface area contributed by atoms with Gasteiger partial charge in [-0.05, 0) is 13.0 Å². The molecule has 2 N–H and O–H groups in total. The molecule has 7 nitrogen and oxygen atoms in total. The Morgan fingerprint density at radius 3 is 2.84 bits per heavy atom. The van der Waals surface area contributed by atoms with Crippen molar-refractivity contribution in [2.75, 3.05) is 12.3 Å². The third-order valence-corrected chi connectivity index (χ3v) is 2.62. The number of benzene rings is 1. The molecule has 0 radical (unpaired) electrons. The Hall–Kier alpha value is -2.57. The molecule has 0 spiro atoms. The molecule has 1 aromatic carbocycles. The molecule has 19 heavy (non-hydrogen) atoms. The lowest BCUT2D eigenvalue weighted by Crippen LogP contribution is -2.11. The zero-order chi connectivity index (χ0) is 13.8. The minimum atomic E-state index is -0.466. The molecule has 0 aliphatic carbocycles. The van der Waals surface area contributed by atoms with Crippen LogP contribution in [0.4, 0.5) is 11.5 Å². The van der Waals surface area contributed by atoms with Crippen molar-refractivity contribution >= 4 is 11.5 Å². The number of nitrogens with zero attached hydrogens (tertiary/aromatic N) is 3. The quantitative estimate of drug-likeness (QED) is 0.654. The molecule has 100 valence electrons. The van der Waals surface area contributed by atoms with Crippen molar-refractivity contribution in [1.82, 2.24) is 9.78 Å². The molecule has 7 heteroatoms. The molecule has 2 rings (SSSR count). The largest absolute Gasteiger partial charge is 0.485 e. The number of nitro groups is 1. The van der Waals surface area contributed by atoms with Crippen LogP contribution >= 0.6 is 0 Å². The predicted molar refractivity (Wildman–Crippen MR) is 70.0 cm³/mol. The van der Waals surface area contributed by atoms with Crippen LogP contribution in [0.15, 0.2) is 30.3 Å². The van der Waals surface area contributed by atoms with Crippen molar-refractivity contribution in [3.63, 3.8) is 0 Å². The van der Waals surface area contributed by atoms with Crippen LogP contribution < -0.4 is 10.5 Å². The van der Waals surface area contributed by atoms with Crippen LogP contribution in [0.1, 0.15) is 5.69 Å². The number of para-hydroxylation sites is 2. The van der Waals surface area contributed by atoms with Crippen LogP contribution in [0.25, 0.3) is 0 Å². The number of nitrogen functional groups attached to an aromatic ring is 1. The van der Waals surface area contributed by atoms with E-state index in [9.17, 15) is 10.1 Å². The number of anilines is 1. The average Bonchev–Trinajstić information content (AvgIpc) is 2.68. The lowest BCUT2D eigenvalue weighted by atomic mass is 10.3. The highest BCUT2D eigenvalue weighted by atomic mass is 16.6. The van der Waals surface area contributed by atoms with Gasteiger partial charge in [-0.3, -0.25) is 14.8 Å². The average molecular weight is 262 g/mol. The highest BCUT2D eigenvalue weighted by molar-refractivity contribution is 5.45. The summed E-state index contributed by atoms with van der Waals surface area (Å²) in [5.41, 5.74) is 6.44. The summed E-state index contributed by atoms with van der Waals surface area (Å²) >= 11 is 0. The van der Waals surface area contributed by atoms with E-state index in [1.807, 2.05) is 6.92 Å². The third kappa shape index (κ3) is 3.01. The normalized spacial score (nSPS) is 10.4. The van der Waals surface area contributed by atoms with Gasteiger partial charge >= 0.3 is 5.69 Å². The van der Waals surface area contributed by atoms with Gasteiger partial charge in [0.25, 0.3) is 0 Å². The maximum absolute atomic E-state index is 10.8. The van der Waals surface area contributed by atoms with Gasteiger partial charge in [-0.15, -0.1) is 0 Å². The molecular formula is C12H14N4O3. The molecule has 0 fully saturated rings. The van der Waals surface area contributed by atoms with E-state index in [0.717, 1.165) is 5.69 Å². The molecule has 0 atom stereocenters. The van der Waals surface area contributed by atoms with Gasteiger partial charge in [-0.1, -0.05) is 12.1 Å². The number of ether oxygens (including phenoxy) is 1. The fourth-order valence-corrected chi connectivity index (χ4v) is 1.73. The molecule has 0 saturated carbocycles. The van der Waals surface area contributed by atoms with Crippen LogP contribution in [-0.2, 0) is 6.54 Å². The Morgan fingerprint density at radius 2 is 2.21 bits per heavy atom. The van der Waals surface area contributed by atoms with Crippen LogP contribution in [0.5, 0.6) is 5.75 Å². The number of nitro benzene ring substituents is 1. The minimum absolute atomic E-state index is 0.0424. The predicted octanol–water partition coefficient (Wildman–Crippen LogP) is 1.76. The summed E-state index contributed by atoms with van der Waals surface area (Å²) in [6.45, 7) is 2.65. The van der Waals surface area contributed by atoms with Gasteiger partial charge in [0.05, 0.1) is 11.5 Å². The molecule has 1 aromatic heterocycles. The zero-order valence-electron chi connectivity index (χ0n) is 10.4. The van der Waals surface area contributed by atoms with Crippen molar-refractivity contribution in [2.24, 2.45) is 0 Å². The molecular weight excluding hydrogens is 248 g/mol. The van der Waals surface area contributed by atoms with E-state index in [0.29, 0.717) is 12.4 Å². The van der Waals surface area contributed by atoms with Gasteiger partial charge in [0.15, 0.2) is 5.75 Å². The SMILES string of the molecule is Cc1cc(N)nn1CCOc1ccccc1[N+](=O)[O-]. The highest BCUT2D eigenvalue weighted by Gasteiger charge is 2.13. The lowest BCUT2D eigenvalue weighted by Gasteiger charge is -2.07. The van der Waals surface area contributed by atoms with Gasteiger partial charge in [-0.25, -0.2) is 0 Å². The van der Waals surface area contributed by atoms with Crippen molar-refractivity contribution < 1.29 is 9.66 Å². The number of aryl methyl sites for hydroxylation is 1. The summed E-state index contributed by atoms with van der Waals surface area (Å²) in [6.07, 6.45) is 0. The molecule has 0 aliphatic rings. The fourth-order valence-electron chi connectivity index (χ4n) is 1.73. The van der Waals surface area contributed by atoms with Crippen LogP contribution in [0, 0.1) is 17.0 Å². The number of hydrogen-bond donors (Lipinski definition) is 1. The Bertz CT molecular complexity index is 594. The summed E-state index contributed by atoms with van der Waals surface area (Å²) in [6, 6.07) is 8.03. The van der Waals surface area contributed by atoms with Gasteiger partial charge in [0, 0.05) is 17.8 Å². The molecule has 2 aromatic rings. The molecule has 0 unspecified atom stereocenters. The smallest absolute Gasteiger partial charge is 0.310 e. The molecule has 0 saturated heterocycles. The second-order valence-corrected chi connectivity index (χ2v) is 4.01. The van der Waals surface area contributed by atoms with E-state index < -0.39 is 4.92 Å². The van der Waals surface area contributed by atoms with Crippen molar-refractivity contribution in [2.45, 2.75) is 13.5 Å². The Balaban J connectivity index is 2.00. The van der Waals surface area contributed by atoms with Crippen molar-refractivity contribution in [1.29, 1.82) is 0 Å². The Morgan fingerprint density at radius 1 is 1.47 bits per heavy atom. The summed E-state index contributed by atoms with van der Waals surface area (Å²) < 4.78 is 7.12. The number of nitrogens with two attached hydrogens (primary N) is 1. The summed E-state index contributed by atoms with van der Waals surface area (Å²) in [4.78, 5) is 10.3. The topological polar surface area (TPSA) is 96.2 Å². The monoisotopic (exact) mass is 262 g/mol. The van der Waals surface area contributed by atoms with E-state index >= 15 is 0 Å². The second kappa shape index (κ2) is 5.38. The van der Waals surface area contributed by atoms with Gasteiger partial charge < -0.3 is 10.5 Å². The van der Waals surface area contributed by atoms with Crippen molar-refractivity contribution in [3.8, 4) is 5.75 Å². The minimum Gasteiger partial charge on any atom is -0.485 e. The first-order valence-corrected chi connectivity index (χ1v) is 5.74. The molecule has 0 aliphatic heterocycles. The standard InChI is InChI=1S/C12H14N4O3/c1-9-8-12(13)14-15(9)6-7-19-11-5-3-2-4-10(11)16(17)18/h2-5,8H,6-7H2,1H3,(H2,13,14). The van der Waals surface area contributed by atoms with Crippen molar-refractivity contribution in [3.05, 3.63) is 46.1 Å². The van der Waals surface area contributed by atoms with Crippen LogP contribution in [-0.4, -0.2) is 21.3 Å². The maximum atomic E-state index is 10.8. The highest BCUT2D eigenvalue weighted by Crippen LogP contribution is 2.25. The van der Waals surface area contributed by atoms with E-state index in [1.54, 1.807) is 28.9 Å². The van der Waals surface area contributed by atoms with E-state index in [4.69, 9.17) is 10.5 Å². The fraction of sp³-hybridized carbons (Fsp3) is 0.250. The van der Waals surface area contributed by atoms with Crippen LogP contribution in [0.2, 0.25) is 0 Å². The first-order valence-electron chi connectivity index (χ1n) is 5.74. The summed E-state index contributed by atoms with van der Waals surface area (Å²) in [5.74, 6) is 0.702. The molecule has 0 bridgehead atoms. The Labute approximate surface area is 109 Å². The summed E-state index contributed by atoms with van der Waals surface area (Å²) in [5, 5.41) is 14.9. The number of hydrogen-bond acceptors (Lipinski definition) is 5.